The molecule has 0 saturated heterocycles. The largest absolute Gasteiger partial charge is 0.466 e. The van der Waals surface area contributed by atoms with Crippen molar-refractivity contribution in [3.8, 4) is 0 Å². The maximum absolute atomic E-state index is 11.7. The topological polar surface area (TPSA) is 29.5 Å². The number of ether oxygens (including phenoxy) is 1. The molecule has 0 amide bonds. The van der Waals surface area contributed by atoms with Gasteiger partial charge in [0.25, 0.3) is 0 Å². The van der Waals surface area contributed by atoms with Crippen LogP contribution in [0.3, 0.4) is 0 Å². The lowest BCUT2D eigenvalue weighted by molar-refractivity contribution is -0.143. The van der Waals surface area contributed by atoms with Crippen LogP contribution in [0.25, 0.3) is 0 Å². The van der Waals surface area contributed by atoms with E-state index in [0.29, 0.717) is 13.0 Å². The summed E-state index contributed by atoms with van der Waals surface area (Å²) in [6, 6.07) is 0. The summed E-state index contributed by atoms with van der Waals surface area (Å²) in [5.74, 6) is -0.00603. The number of hydrogen-bond acceptors (Lipinski definition) is 3. The molecule has 0 aliphatic rings. The molecule has 0 unspecified atom stereocenters. The Hall–Kier alpha value is -0.570. The van der Waals surface area contributed by atoms with E-state index in [4.69, 9.17) is 4.74 Å². The van der Waals surface area contributed by atoms with Crippen LogP contribution in [0.4, 0.5) is 0 Å². The lowest BCUT2D eigenvalue weighted by Crippen LogP contribution is -2.25. The quantitative estimate of drug-likeness (QED) is 0.156. The van der Waals surface area contributed by atoms with Gasteiger partial charge in [-0.25, -0.2) is 0 Å². The monoisotopic (exact) mass is 383 g/mol. The molecule has 0 radical (unpaired) electrons. The molecule has 0 atom stereocenters. The van der Waals surface area contributed by atoms with Crippen molar-refractivity contribution in [3.63, 3.8) is 0 Å². The van der Waals surface area contributed by atoms with Gasteiger partial charge in [-0.1, -0.05) is 104 Å². The highest BCUT2D eigenvalue weighted by atomic mass is 16.5. The first kappa shape index (κ1) is 26.4. The SMILES string of the molecule is CCCCCCCCCCCCCCCCC(=O)OCCCN(CC)CC. The highest BCUT2D eigenvalue weighted by Crippen LogP contribution is 2.13. The Labute approximate surface area is 170 Å². The first-order chi connectivity index (χ1) is 13.2. The van der Waals surface area contributed by atoms with E-state index in [1.807, 2.05) is 0 Å². The summed E-state index contributed by atoms with van der Waals surface area (Å²) >= 11 is 0. The molecule has 0 aromatic heterocycles. The minimum absolute atomic E-state index is 0.00603. The van der Waals surface area contributed by atoms with Gasteiger partial charge in [-0.3, -0.25) is 4.79 Å². The summed E-state index contributed by atoms with van der Waals surface area (Å²) in [6.07, 6.45) is 20.4. The normalized spacial score (nSPS) is 11.3. The molecule has 3 nitrogen and oxygen atoms in total. The van der Waals surface area contributed by atoms with Crippen molar-refractivity contribution in [1.82, 2.24) is 4.90 Å². The van der Waals surface area contributed by atoms with Gasteiger partial charge < -0.3 is 9.64 Å². The van der Waals surface area contributed by atoms with E-state index in [2.05, 4.69) is 25.7 Å². The Bertz CT molecular complexity index is 303. The molecule has 27 heavy (non-hydrogen) atoms. The third-order valence-corrected chi connectivity index (χ3v) is 5.51. The molecule has 0 aromatic carbocycles. The van der Waals surface area contributed by atoms with Crippen LogP contribution in [-0.4, -0.2) is 37.1 Å². The summed E-state index contributed by atoms with van der Waals surface area (Å²) in [5.41, 5.74) is 0. The van der Waals surface area contributed by atoms with Crippen LogP contribution < -0.4 is 0 Å². The van der Waals surface area contributed by atoms with Crippen molar-refractivity contribution in [1.29, 1.82) is 0 Å². The van der Waals surface area contributed by atoms with E-state index < -0.39 is 0 Å². The predicted molar refractivity (Wildman–Crippen MR) is 118 cm³/mol. The third kappa shape index (κ3) is 20.0. The molecule has 0 rings (SSSR count). The molecular formula is C24H49NO2. The second kappa shape index (κ2) is 21.7. The lowest BCUT2D eigenvalue weighted by atomic mass is 10.0. The van der Waals surface area contributed by atoms with Gasteiger partial charge in [-0.05, 0) is 25.9 Å². The van der Waals surface area contributed by atoms with Crippen molar-refractivity contribution in [3.05, 3.63) is 0 Å². The lowest BCUT2D eigenvalue weighted by Gasteiger charge is -2.17. The van der Waals surface area contributed by atoms with Gasteiger partial charge in [0, 0.05) is 13.0 Å². The molecule has 0 fully saturated rings. The fraction of sp³-hybridized carbons (Fsp3) is 0.958. The van der Waals surface area contributed by atoms with Crippen LogP contribution in [0.15, 0.2) is 0 Å². The summed E-state index contributed by atoms with van der Waals surface area (Å²) in [6.45, 7) is 10.4. The summed E-state index contributed by atoms with van der Waals surface area (Å²) in [7, 11) is 0. The second-order valence-electron chi connectivity index (χ2n) is 7.95. The van der Waals surface area contributed by atoms with Gasteiger partial charge >= 0.3 is 5.97 Å². The fourth-order valence-electron chi connectivity index (χ4n) is 3.55. The molecule has 0 heterocycles. The predicted octanol–water partition coefficient (Wildman–Crippen LogP) is 7.13. The highest BCUT2D eigenvalue weighted by Gasteiger charge is 2.04. The van der Waals surface area contributed by atoms with Crippen LogP contribution in [0, 0.1) is 0 Å². The van der Waals surface area contributed by atoms with Crippen molar-refractivity contribution in [2.75, 3.05) is 26.2 Å². The molecule has 162 valence electrons. The number of unbranched alkanes of at least 4 members (excludes halogenated alkanes) is 13. The zero-order valence-corrected chi connectivity index (χ0v) is 18.9. The number of nitrogens with zero attached hydrogens (tertiary/aromatic N) is 1. The van der Waals surface area contributed by atoms with E-state index in [1.54, 1.807) is 0 Å². The van der Waals surface area contributed by atoms with Crippen LogP contribution in [0.1, 0.15) is 124 Å². The maximum atomic E-state index is 11.7. The van der Waals surface area contributed by atoms with Crippen molar-refractivity contribution in [2.24, 2.45) is 0 Å². The number of carbonyl (C=O) groups is 1. The van der Waals surface area contributed by atoms with Gasteiger partial charge in [0.05, 0.1) is 6.61 Å². The summed E-state index contributed by atoms with van der Waals surface area (Å²) < 4.78 is 5.33. The summed E-state index contributed by atoms with van der Waals surface area (Å²) in [4.78, 5) is 14.1. The molecular weight excluding hydrogens is 334 g/mol. The van der Waals surface area contributed by atoms with Crippen molar-refractivity contribution < 1.29 is 9.53 Å². The summed E-state index contributed by atoms with van der Waals surface area (Å²) in [5, 5.41) is 0. The molecule has 0 aliphatic heterocycles. The number of hydrogen-bond donors (Lipinski definition) is 0. The highest BCUT2D eigenvalue weighted by molar-refractivity contribution is 5.69. The van der Waals surface area contributed by atoms with Gasteiger partial charge in [0.2, 0.25) is 0 Å². The smallest absolute Gasteiger partial charge is 0.305 e. The zero-order chi connectivity index (χ0) is 20.0. The molecule has 0 saturated carbocycles. The van der Waals surface area contributed by atoms with Crippen molar-refractivity contribution in [2.45, 2.75) is 124 Å². The standard InChI is InChI=1S/C24H49NO2/c1-4-7-8-9-10-11-12-13-14-15-16-17-18-19-21-24(26)27-23-20-22-25(5-2)6-3/h4-23H2,1-3H3. The van der Waals surface area contributed by atoms with E-state index in [9.17, 15) is 4.79 Å². The molecule has 0 bridgehead atoms. The fourth-order valence-corrected chi connectivity index (χ4v) is 3.55. The third-order valence-electron chi connectivity index (χ3n) is 5.51. The van der Waals surface area contributed by atoms with Gasteiger partial charge in [0.15, 0.2) is 0 Å². The van der Waals surface area contributed by atoms with Crippen LogP contribution in [0.2, 0.25) is 0 Å². The van der Waals surface area contributed by atoms with Crippen LogP contribution in [0.5, 0.6) is 0 Å². The Morgan fingerprint density at radius 2 is 1.07 bits per heavy atom. The van der Waals surface area contributed by atoms with Gasteiger partial charge in [-0.15, -0.1) is 0 Å². The number of carbonyl (C=O) groups excluding carboxylic acids is 1. The van der Waals surface area contributed by atoms with Crippen LogP contribution in [-0.2, 0) is 9.53 Å². The van der Waals surface area contributed by atoms with Gasteiger partial charge in [-0.2, -0.15) is 0 Å². The van der Waals surface area contributed by atoms with E-state index in [1.165, 1.54) is 83.5 Å². The molecule has 0 spiro atoms. The van der Waals surface area contributed by atoms with E-state index in [0.717, 1.165) is 32.5 Å². The first-order valence-corrected chi connectivity index (χ1v) is 12.1. The molecule has 0 aliphatic carbocycles. The second-order valence-corrected chi connectivity index (χ2v) is 7.95. The minimum atomic E-state index is -0.00603. The Balaban J connectivity index is 3.20. The van der Waals surface area contributed by atoms with E-state index in [-0.39, 0.29) is 5.97 Å². The Morgan fingerprint density at radius 3 is 1.52 bits per heavy atom. The average Bonchev–Trinajstić information content (AvgIpc) is 2.68. The average molecular weight is 384 g/mol. The minimum Gasteiger partial charge on any atom is -0.466 e. The maximum Gasteiger partial charge on any atom is 0.305 e. The van der Waals surface area contributed by atoms with Crippen molar-refractivity contribution >= 4 is 5.97 Å². The van der Waals surface area contributed by atoms with Crippen LogP contribution >= 0.6 is 0 Å². The number of rotatable bonds is 21. The Morgan fingerprint density at radius 1 is 0.630 bits per heavy atom. The Kier molecular flexibility index (Phi) is 21.3. The zero-order valence-electron chi connectivity index (χ0n) is 18.9. The first-order valence-electron chi connectivity index (χ1n) is 12.1. The van der Waals surface area contributed by atoms with Gasteiger partial charge in [0.1, 0.15) is 0 Å². The molecule has 3 heteroatoms. The molecule has 0 N–H and O–H groups in total. The number of esters is 1. The van der Waals surface area contributed by atoms with E-state index >= 15 is 0 Å². The molecule has 0 aromatic rings.